The Kier molecular flexibility index (Phi) is 6.78. The van der Waals surface area contributed by atoms with E-state index in [0.29, 0.717) is 16.7 Å². The molecule has 6 heteroatoms. The highest BCUT2D eigenvalue weighted by molar-refractivity contribution is 6.42. The van der Waals surface area contributed by atoms with Crippen LogP contribution in [-0.4, -0.2) is 37.4 Å². The van der Waals surface area contributed by atoms with Crippen molar-refractivity contribution in [2.24, 2.45) is 5.16 Å². The Bertz CT molecular complexity index is 767. The quantitative estimate of drug-likeness (QED) is 0.511. The second kappa shape index (κ2) is 9.26. The molecule has 0 bridgehead atoms. The van der Waals surface area contributed by atoms with Crippen molar-refractivity contribution in [3.63, 3.8) is 0 Å². The van der Waals surface area contributed by atoms with Crippen molar-refractivity contribution in [2.75, 3.05) is 20.1 Å². The van der Waals surface area contributed by atoms with Crippen molar-refractivity contribution in [2.45, 2.75) is 25.6 Å². The van der Waals surface area contributed by atoms with Crippen molar-refractivity contribution >= 4 is 29.4 Å². The van der Waals surface area contributed by atoms with Crippen LogP contribution >= 0.6 is 23.2 Å². The summed E-state index contributed by atoms with van der Waals surface area (Å²) >= 11 is 12.0. The van der Waals surface area contributed by atoms with Gasteiger partial charge in [-0.1, -0.05) is 46.6 Å². The van der Waals surface area contributed by atoms with E-state index in [9.17, 15) is 0 Å². The Hall–Kier alpha value is -1.75. The van der Waals surface area contributed by atoms with E-state index in [-0.39, 0.29) is 6.10 Å². The van der Waals surface area contributed by atoms with Gasteiger partial charge in [-0.25, -0.2) is 0 Å². The number of hydrogen-bond acceptors (Lipinski definition) is 4. The lowest BCUT2D eigenvalue weighted by molar-refractivity contribution is 0.0107. The van der Waals surface area contributed by atoms with Crippen LogP contribution in [0.15, 0.2) is 47.6 Å². The number of rotatable bonds is 6. The molecule has 4 nitrogen and oxygen atoms in total. The first kappa shape index (κ1) is 19.0. The fourth-order valence-corrected chi connectivity index (χ4v) is 3.21. The Morgan fingerprint density at radius 2 is 2.04 bits per heavy atom. The summed E-state index contributed by atoms with van der Waals surface area (Å²) in [5, 5.41) is 5.23. The number of likely N-dealkylation sites (tertiary alicyclic amines) is 1. The van der Waals surface area contributed by atoms with Crippen LogP contribution in [0.3, 0.4) is 0 Å². The average molecular weight is 393 g/mol. The highest BCUT2D eigenvalue weighted by Gasteiger charge is 2.18. The van der Waals surface area contributed by atoms with Gasteiger partial charge in [-0.3, -0.25) is 0 Å². The summed E-state index contributed by atoms with van der Waals surface area (Å²) in [4.78, 5) is 7.91. The van der Waals surface area contributed by atoms with Gasteiger partial charge in [0.15, 0.2) is 0 Å². The minimum Gasteiger partial charge on any atom is -0.488 e. The lowest BCUT2D eigenvalue weighted by Crippen LogP contribution is -2.36. The lowest BCUT2D eigenvalue weighted by Gasteiger charge is -2.27. The summed E-state index contributed by atoms with van der Waals surface area (Å²) in [5.41, 5.74) is 1.82. The molecule has 1 unspecified atom stereocenters. The van der Waals surface area contributed by atoms with E-state index in [1.54, 1.807) is 12.3 Å². The molecule has 0 N–H and O–H groups in total. The first-order valence-electron chi connectivity index (χ1n) is 8.65. The zero-order chi connectivity index (χ0) is 18.4. The van der Waals surface area contributed by atoms with E-state index >= 15 is 0 Å². The number of likely N-dealkylation sites (N-methyl/N-ethyl adjacent to an activating group) is 1. The van der Waals surface area contributed by atoms with Gasteiger partial charge in [0.1, 0.15) is 18.5 Å². The second-order valence-electron chi connectivity index (χ2n) is 6.44. The first-order chi connectivity index (χ1) is 12.6. The van der Waals surface area contributed by atoms with Gasteiger partial charge in [0.25, 0.3) is 0 Å². The number of nitrogens with zero attached hydrogens (tertiary/aromatic N) is 2. The second-order valence-corrected chi connectivity index (χ2v) is 7.26. The predicted octanol–water partition coefficient (Wildman–Crippen LogP) is 5.02. The molecule has 0 radical (unpaired) electrons. The zero-order valence-electron chi connectivity index (χ0n) is 14.7. The maximum Gasteiger partial charge on any atom is 0.140 e. The summed E-state index contributed by atoms with van der Waals surface area (Å²) in [6.45, 7) is 2.43. The van der Waals surface area contributed by atoms with E-state index in [1.807, 2.05) is 36.4 Å². The maximum atomic E-state index is 6.05. The summed E-state index contributed by atoms with van der Waals surface area (Å²) in [6, 6.07) is 13.2. The maximum absolute atomic E-state index is 6.05. The number of halogens is 2. The minimum absolute atomic E-state index is 0.147. The van der Waals surface area contributed by atoms with Crippen molar-refractivity contribution < 1.29 is 9.57 Å². The first-order valence-corrected chi connectivity index (χ1v) is 9.41. The zero-order valence-corrected chi connectivity index (χ0v) is 16.2. The standard InChI is InChI=1S/C20H22Cl2N2O2/c1-24-10-4-6-17(13-24)26-23-12-16-5-2-3-7-20(16)25-14-15-8-9-18(21)19(22)11-15/h2-3,5,7-9,11-12,17H,4,6,10,13-14H2,1H3/b23-12+. The Morgan fingerprint density at radius 1 is 1.19 bits per heavy atom. The number of piperidine rings is 1. The lowest BCUT2D eigenvalue weighted by atomic mass is 10.1. The van der Waals surface area contributed by atoms with Crippen LogP contribution in [0.2, 0.25) is 10.0 Å². The molecule has 1 aliphatic heterocycles. The van der Waals surface area contributed by atoms with Crippen LogP contribution in [0.25, 0.3) is 0 Å². The summed E-state index contributed by atoms with van der Waals surface area (Å²) in [7, 11) is 2.10. The number of benzene rings is 2. The third-order valence-electron chi connectivity index (χ3n) is 4.28. The van der Waals surface area contributed by atoms with E-state index in [2.05, 4.69) is 17.1 Å². The normalized spacial score (nSPS) is 18.2. The van der Waals surface area contributed by atoms with Crippen LogP contribution in [-0.2, 0) is 11.4 Å². The van der Waals surface area contributed by atoms with Gasteiger partial charge in [-0.2, -0.15) is 0 Å². The van der Waals surface area contributed by atoms with Crippen molar-refractivity contribution in [3.8, 4) is 5.75 Å². The molecule has 0 saturated carbocycles. The minimum atomic E-state index is 0.147. The van der Waals surface area contributed by atoms with Gasteiger partial charge in [0.05, 0.1) is 16.3 Å². The molecule has 1 heterocycles. The number of ether oxygens (including phenoxy) is 1. The Labute approximate surface area is 164 Å². The predicted molar refractivity (Wildman–Crippen MR) is 106 cm³/mol. The molecule has 0 aromatic heterocycles. The Morgan fingerprint density at radius 3 is 2.85 bits per heavy atom. The van der Waals surface area contributed by atoms with E-state index in [1.165, 1.54) is 0 Å². The molecule has 2 aromatic carbocycles. The smallest absolute Gasteiger partial charge is 0.140 e. The largest absolute Gasteiger partial charge is 0.488 e. The van der Waals surface area contributed by atoms with Gasteiger partial charge >= 0.3 is 0 Å². The molecule has 0 spiro atoms. The number of hydrogen-bond donors (Lipinski definition) is 0. The van der Waals surface area contributed by atoms with Crippen LogP contribution in [0.5, 0.6) is 5.75 Å². The molecule has 1 saturated heterocycles. The highest BCUT2D eigenvalue weighted by Crippen LogP contribution is 2.24. The molecule has 1 aliphatic rings. The van der Waals surface area contributed by atoms with E-state index in [4.69, 9.17) is 32.8 Å². The van der Waals surface area contributed by atoms with E-state index < -0.39 is 0 Å². The monoisotopic (exact) mass is 392 g/mol. The number of oxime groups is 1. The van der Waals surface area contributed by atoms with Crippen LogP contribution in [0.4, 0.5) is 0 Å². The molecule has 2 aromatic rings. The van der Waals surface area contributed by atoms with E-state index in [0.717, 1.165) is 42.8 Å². The molecule has 138 valence electrons. The van der Waals surface area contributed by atoms with Crippen LogP contribution in [0, 0.1) is 0 Å². The van der Waals surface area contributed by atoms with Crippen molar-refractivity contribution in [1.29, 1.82) is 0 Å². The fraction of sp³-hybridized carbons (Fsp3) is 0.350. The topological polar surface area (TPSA) is 34.1 Å². The van der Waals surface area contributed by atoms with Crippen LogP contribution in [0.1, 0.15) is 24.0 Å². The summed E-state index contributed by atoms with van der Waals surface area (Å²) in [5.74, 6) is 0.742. The van der Waals surface area contributed by atoms with Gasteiger partial charge in [-0.15, -0.1) is 0 Å². The van der Waals surface area contributed by atoms with Gasteiger partial charge in [0.2, 0.25) is 0 Å². The Balaban J connectivity index is 1.60. The molecule has 1 fully saturated rings. The molecule has 26 heavy (non-hydrogen) atoms. The highest BCUT2D eigenvalue weighted by atomic mass is 35.5. The molecular formula is C20H22Cl2N2O2. The van der Waals surface area contributed by atoms with Gasteiger partial charge < -0.3 is 14.5 Å². The fourth-order valence-electron chi connectivity index (χ4n) is 2.89. The third-order valence-corrected chi connectivity index (χ3v) is 5.02. The van der Waals surface area contributed by atoms with Gasteiger partial charge in [0, 0.05) is 12.1 Å². The number of para-hydroxylation sites is 1. The molecule has 1 atom stereocenters. The summed E-state index contributed by atoms with van der Waals surface area (Å²) < 4.78 is 5.92. The van der Waals surface area contributed by atoms with Gasteiger partial charge in [-0.05, 0) is 56.3 Å². The average Bonchev–Trinajstić information content (AvgIpc) is 2.64. The molecular weight excluding hydrogens is 371 g/mol. The molecule has 3 rings (SSSR count). The summed E-state index contributed by atoms with van der Waals surface area (Å²) in [6.07, 6.45) is 4.03. The SMILES string of the molecule is CN1CCCC(O/N=C/c2ccccc2OCc2ccc(Cl)c(Cl)c2)C1. The third kappa shape index (κ3) is 5.37. The van der Waals surface area contributed by atoms with Crippen molar-refractivity contribution in [1.82, 2.24) is 4.90 Å². The van der Waals surface area contributed by atoms with Crippen LogP contribution < -0.4 is 4.74 Å². The van der Waals surface area contributed by atoms with Crippen molar-refractivity contribution in [3.05, 3.63) is 63.6 Å². The molecule has 0 amide bonds. The molecule has 0 aliphatic carbocycles.